The zero-order chi connectivity index (χ0) is 18.6. The van der Waals surface area contributed by atoms with Gasteiger partial charge in [-0.3, -0.25) is 9.59 Å². The topological polar surface area (TPSA) is 70.6 Å². The zero-order valence-electron chi connectivity index (χ0n) is 14.6. The highest BCUT2D eigenvalue weighted by molar-refractivity contribution is 6.03. The standard InChI is InChI=1S/C22H19N3O2/c26-21-20(19(14-23-21)17-7-2-1-3-8-17)22(27)25-24-13-15-10-11-16-6-4-5-9-18(16)12-15/h1-13,19-20H,14H2,(H,23,26)(H,25,27)/b24-13-/t19-,20+/m1/s1. The molecule has 3 aromatic carbocycles. The number of carbonyl (C=O) groups excluding carboxylic acids is 2. The first kappa shape index (κ1) is 17.0. The summed E-state index contributed by atoms with van der Waals surface area (Å²) in [5.74, 6) is -1.62. The summed E-state index contributed by atoms with van der Waals surface area (Å²) >= 11 is 0. The van der Waals surface area contributed by atoms with Crippen LogP contribution < -0.4 is 10.7 Å². The number of benzene rings is 3. The van der Waals surface area contributed by atoms with Gasteiger partial charge in [-0.15, -0.1) is 0 Å². The van der Waals surface area contributed by atoms with Crippen LogP contribution in [-0.2, 0) is 9.59 Å². The summed E-state index contributed by atoms with van der Waals surface area (Å²) in [4.78, 5) is 24.7. The van der Waals surface area contributed by atoms with Gasteiger partial charge in [-0.1, -0.05) is 66.7 Å². The molecule has 1 aliphatic heterocycles. The van der Waals surface area contributed by atoms with E-state index in [0.717, 1.165) is 21.9 Å². The van der Waals surface area contributed by atoms with E-state index in [0.29, 0.717) is 6.54 Å². The number of hydrogen-bond acceptors (Lipinski definition) is 3. The molecule has 0 unspecified atom stereocenters. The minimum atomic E-state index is -0.777. The van der Waals surface area contributed by atoms with Gasteiger partial charge in [-0.2, -0.15) is 5.10 Å². The predicted octanol–water partition coefficient (Wildman–Crippen LogP) is 2.82. The van der Waals surface area contributed by atoms with Crippen LogP contribution >= 0.6 is 0 Å². The molecule has 0 saturated carbocycles. The Morgan fingerprint density at radius 1 is 1.00 bits per heavy atom. The van der Waals surface area contributed by atoms with Gasteiger partial charge in [0.2, 0.25) is 5.91 Å². The molecule has 1 fully saturated rings. The van der Waals surface area contributed by atoms with Gasteiger partial charge in [0, 0.05) is 12.5 Å². The van der Waals surface area contributed by atoms with Gasteiger partial charge in [0.1, 0.15) is 5.92 Å². The third kappa shape index (κ3) is 3.58. The largest absolute Gasteiger partial charge is 0.355 e. The van der Waals surface area contributed by atoms with Crippen LogP contribution in [0.25, 0.3) is 10.8 Å². The van der Waals surface area contributed by atoms with E-state index < -0.39 is 11.8 Å². The fraction of sp³-hybridized carbons (Fsp3) is 0.136. The second kappa shape index (κ2) is 7.41. The Kier molecular flexibility index (Phi) is 4.66. The maximum Gasteiger partial charge on any atom is 0.253 e. The minimum Gasteiger partial charge on any atom is -0.355 e. The van der Waals surface area contributed by atoms with E-state index >= 15 is 0 Å². The number of amides is 2. The van der Waals surface area contributed by atoms with E-state index in [2.05, 4.69) is 15.8 Å². The molecule has 1 heterocycles. The monoisotopic (exact) mass is 357 g/mol. The third-order valence-electron chi connectivity index (χ3n) is 4.85. The Morgan fingerprint density at radius 2 is 1.74 bits per heavy atom. The Bertz CT molecular complexity index is 1010. The van der Waals surface area contributed by atoms with Crippen LogP contribution in [0.2, 0.25) is 0 Å². The molecule has 1 saturated heterocycles. The molecule has 5 nitrogen and oxygen atoms in total. The van der Waals surface area contributed by atoms with Crippen molar-refractivity contribution < 1.29 is 9.59 Å². The fourth-order valence-electron chi connectivity index (χ4n) is 3.46. The molecule has 27 heavy (non-hydrogen) atoms. The van der Waals surface area contributed by atoms with Crippen LogP contribution in [0.4, 0.5) is 0 Å². The van der Waals surface area contributed by atoms with E-state index in [9.17, 15) is 9.59 Å². The normalized spacial score (nSPS) is 19.3. The van der Waals surface area contributed by atoms with E-state index in [-0.39, 0.29) is 11.8 Å². The van der Waals surface area contributed by atoms with Crippen molar-refractivity contribution in [1.82, 2.24) is 10.7 Å². The smallest absolute Gasteiger partial charge is 0.253 e. The summed E-state index contributed by atoms with van der Waals surface area (Å²) in [6, 6.07) is 23.6. The highest BCUT2D eigenvalue weighted by Gasteiger charge is 2.40. The van der Waals surface area contributed by atoms with Crippen molar-refractivity contribution in [2.45, 2.75) is 5.92 Å². The molecule has 134 valence electrons. The lowest BCUT2D eigenvalue weighted by Crippen LogP contribution is -2.34. The Balaban J connectivity index is 1.47. The molecule has 4 rings (SSSR count). The molecular formula is C22H19N3O2. The molecule has 2 N–H and O–H groups in total. The summed E-state index contributed by atoms with van der Waals surface area (Å²) in [7, 11) is 0. The number of nitrogens with one attached hydrogen (secondary N) is 2. The van der Waals surface area contributed by atoms with Crippen molar-refractivity contribution in [2.75, 3.05) is 6.54 Å². The van der Waals surface area contributed by atoms with Crippen molar-refractivity contribution in [3.05, 3.63) is 83.9 Å². The van der Waals surface area contributed by atoms with E-state index in [4.69, 9.17) is 0 Å². The number of nitrogens with zero attached hydrogens (tertiary/aromatic N) is 1. The quantitative estimate of drug-likeness (QED) is 0.428. The SMILES string of the molecule is O=C1NC[C@H](c2ccccc2)[C@@H]1C(=O)N/N=C\c1ccc2ccccc2c1. The lowest BCUT2D eigenvalue weighted by atomic mass is 9.88. The molecule has 2 amide bonds. The predicted molar refractivity (Wildman–Crippen MR) is 105 cm³/mol. The van der Waals surface area contributed by atoms with Crippen molar-refractivity contribution in [3.8, 4) is 0 Å². The van der Waals surface area contributed by atoms with Gasteiger partial charge in [0.25, 0.3) is 5.91 Å². The Hall–Kier alpha value is -3.47. The van der Waals surface area contributed by atoms with Crippen molar-refractivity contribution in [3.63, 3.8) is 0 Å². The van der Waals surface area contributed by atoms with Gasteiger partial charge in [0.15, 0.2) is 0 Å². The number of rotatable bonds is 4. The second-order valence-electron chi connectivity index (χ2n) is 6.58. The van der Waals surface area contributed by atoms with Crippen LogP contribution in [0.15, 0.2) is 77.9 Å². The summed E-state index contributed by atoms with van der Waals surface area (Å²) in [5, 5.41) is 9.08. The lowest BCUT2D eigenvalue weighted by Gasteiger charge is -2.15. The van der Waals surface area contributed by atoms with Crippen LogP contribution in [0.5, 0.6) is 0 Å². The number of hydrogen-bond donors (Lipinski definition) is 2. The third-order valence-corrected chi connectivity index (χ3v) is 4.85. The van der Waals surface area contributed by atoms with Gasteiger partial charge in [0.05, 0.1) is 6.21 Å². The zero-order valence-corrected chi connectivity index (χ0v) is 14.6. The van der Waals surface area contributed by atoms with Gasteiger partial charge in [-0.25, -0.2) is 5.43 Å². The van der Waals surface area contributed by atoms with Crippen LogP contribution in [0.3, 0.4) is 0 Å². The van der Waals surface area contributed by atoms with E-state index in [1.54, 1.807) is 6.21 Å². The molecule has 0 bridgehead atoms. The molecule has 0 aromatic heterocycles. The Labute approximate surface area is 157 Å². The molecule has 5 heteroatoms. The average Bonchev–Trinajstić information content (AvgIpc) is 3.10. The summed E-state index contributed by atoms with van der Waals surface area (Å²) in [6.45, 7) is 0.454. The maximum absolute atomic E-state index is 12.6. The first-order valence-electron chi connectivity index (χ1n) is 8.87. The van der Waals surface area contributed by atoms with Crippen LogP contribution in [0, 0.1) is 5.92 Å². The van der Waals surface area contributed by atoms with Gasteiger partial charge >= 0.3 is 0 Å². The second-order valence-corrected chi connectivity index (χ2v) is 6.58. The van der Waals surface area contributed by atoms with Crippen molar-refractivity contribution >= 4 is 28.8 Å². The van der Waals surface area contributed by atoms with Gasteiger partial charge < -0.3 is 5.32 Å². The fourth-order valence-corrected chi connectivity index (χ4v) is 3.46. The van der Waals surface area contributed by atoms with Crippen molar-refractivity contribution in [2.24, 2.45) is 11.0 Å². The molecule has 1 aliphatic rings. The number of carbonyl (C=O) groups is 2. The maximum atomic E-state index is 12.6. The molecule has 3 aromatic rings. The van der Waals surface area contributed by atoms with Crippen LogP contribution in [0.1, 0.15) is 17.0 Å². The Morgan fingerprint density at radius 3 is 2.56 bits per heavy atom. The molecule has 0 aliphatic carbocycles. The van der Waals surface area contributed by atoms with E-state index in [1.807, 2.05) is 72.8 Å². The van der Waals surface area contributed by atoms with Crippen LogP contribution in [-0.4, -0.2) is 24.6 Å². The number of hydrazone groups is 1. The first-order valence-corrected chi connectivity index (χ1v) is 8.87. The number of fused-ring (bicyclic) bond motifs is 1. The molecular weight excluding hydrogens is 338 g/mol. The summed E-state index contributed by atoms with van der Waals surface area (Å²) < 4.78 is 0. The average molecular weight is 357 g/mol. The molecule has 0 spiro atoms. The lowest BCUT2D eigenvalue weighted by molar-refractivity contribution is -0.133. The molecule has 2 atom stereocenters. The van der Waals surface area contributed by atoms with E-state index in [1.165, 1.54) is 0 Å². The highest BCUT2D eigenvalue weighted by Crippen LogP contribution is 2.29. The van der Waals surface area contributed by atoms with Gasteiger partial charge in [-0.05, 0) is 28.0 Å². The first-order chi connectivity index (χ1) is 13.2. The van der Waals surface area contributed by atoms with Crippen molar-refractivity contribution in [1.29, 1.82) is 0 Å². The summed E-state index contributed by atoms with van der Waals surface area (Å²) in [5.41, 5.74) is 4.37. The highest BCUT2D eigenvalue weighted by atomic mass is 16.2. The summed E-state index contributed by atoms with van der Waals surface area (Å²) in [6.07, 6.45) is 1.59. The molecule has 0 radical (unpaired) electrons. The minimum absolute atomic E-state index is 0.186.